The maximum absolute atomic E-state index is 12.2. The van der Waals surface area contributed by atoms with E-state index in [1.807, 2.05) is 18.4 Å². The second-order valence-corrected chi connectivity index (χ2v) is 4.81. The first-order valence-corrected chi connectivity index (χ1v) is 6.03. The molecule has 0 amide bonds. The number of thiophene rings is 1. The molecule has 0 aliphatic heterocycles. The number of nitrogen functional groups attached to an aromatic ring is 1. The molecule has 2 N–H and O–H groups in total. The van der Waals surface area contributed by atoms with E-state index in [9.17, 15) is 4.79 Å². The standard InChI is InChI=1S/C13H13NO2S/c1-8-6-9(7-17-8)13(15)10-4-3-5-11(16-2)12(10)14/h3-7H,14H2,1-2H3. The second-order valence-electron chi connectivity index (χ2n) is 3.70. The molecule has 0 saturated carbocycles. The number of ether oxygens (including phenoxy) is 1. The molecule has 0 atom stereocenters. The molecule has 0 unspecified atom stereocenters. The van der Waals surface area contributed by atoms with Gasteiger partial charge in [0.15, 0.2) is 5.78 Å². The number of nitrogens with two attached hydrogens (primary N) is 1. The molecule has 1 aromatic heterocycles. The number of anilines is 1. The minimum Gasteiger partial charge on any atom is -0.495 e. The maximum atomic E-state index is 12.2. The average molecular weight is 247 g/mol. The molecule has 3 nitrogen and oxygen atoms in total. The van der Waals surface area contributed by atoms with Crippen molar-refractivity contribution in [3.63, 3.8) is 0 Å². The summed E-state index contributed by atoms with van der Waals surface area (Å²) in [5, 5.41) is 1.84. The van der Waals surface area contributed by atoms with E-state index in [0.29, 0.717) is 22.6 Å². The smallest absolute Gasteiger partial charge is 0.196 e. The fourth-order valence-electron chi connectivity index (χ4n) is 1.64. The van der Waals surface area contributed by atoms with Crippen LogP contribution in [0.3, 0.4) is 0 Å². The predicted octanol–water partition coefficient (Wildman–Crippen LogP) is 2.88. The number of benzene rings is 1. The van der Waals surface area contributed by atoms with E-state index < -0.39 is 0 Å². The monoisotopic (exact) mass is 247 g/mol. The van der Waals surface area contributed by atoms with E-state index in [-0.39, 0.29) is 5.78 Å². The molecule has 4 heteroatoms. The Morgan fingerprint density at radius 1 is 1.41 bits per heavy atom. The van der Waals surface area contributed by atoms with Gasteiger partial charge in [-0.1, -0.05) is 6.07 Å². The van der Waals surface area contributed by atoms with Crippen molar-refractivity contribution in [3.05, 3.63) is 45.6 Å². The molecule has 88 valence electrons. The molecule has 0 aliphatic rings. The zero-order valence-corrected chi connectivity index (χ0v) is 10.5. The highest BCUT2D eigenvalue weighted by atomic mass is 32.1. The topological polar surface area (TPSA) is 52.3 Å². The average Bonchev–Trinajstić information content (AvgIpc) is 2.75. The van der Waals surface area contributed by atoms with Crippen molar-refractivity contribution >= 4 is 22.8 Å². The van der Waals surface area contributed by atoms with Crippen molar-refractivity contribution < 1.29 is 9.53 Å². The summed E-state index contributed by atoms with van der Waals surface area (Å²) in [4.78, 5) is 13.3. The van der Waals surface area contributed by atoms with Crippen molar-refractivity contribution in [1.82, 2.24) is 0 Å². The molecule has 0 aliphatic carbocycles. The van der Waals surface area contributed by atoms with E-state index in [1.54, 1.807) is 29.5 Å². The SMILES string of the molecule is COc1cccc(C(=O)c2csc(C)c2)c1N. The molecule has 1 aromatic carbocycles. The fourth-order valence-corrected chi connectivity index (χ4v) is 2.32. The molecule has 0 spiro atoms. The predicted molar refractivity (Wildman–Crippen MR) is 69.9 cm³/mol. The summed E-state index contributed by atoms with van der Waals surface area (Å²) in [7, 11) is 1.54. The van der Waals surface area contributed by atoms with Crippen LogP contribution in [0, 0.1) is 6.92 Å². The molecule has 0 fully saturated rings. The van der Waals surface area contributed by atoms with Crippen LogP contribution in [-0.4, -0.2) is 12.9 Å². The Kier molecular flexibility index (Phi) is 3.15. The van der Waals surface area contributed by atoms with Gasteiger partial charge in [-0.2, -0.15) is 0 Å². The highest BCUT2D eigenvalue weighted by Gasteiger charge is 2.15. The number of aryl methyl sites for hydroxylation is 1. The van der Waals surface area contributed by atoms with Crippen LogP contribution in [0.5, 0.6) is 5.75 Å². The van der Waals surface area contributed by atoms with Crippen LogP contribution in [0.2, 0.25) is 0 Å². The number of methoxy groups -OCH3 is 1. The summed E-state index contributed by atoms with van der Waals surface area (Å²) in [6.45, 7) is 1.97. The van der Waals surface area contributed by atoms with Gasteiger partial charge in [-0.25, -0.2) is 0 Å². The summed E-state index contributed by atoms with van der Waals surface area (Å²) in [6.07, 6.45) is 0. The minimum absolute atomic E-state index is 0.0641. The molecular formula is C13H13NO2S. The van der Waals surface area contributed by atoms with E-state index in [4.69, 9.17) is 10.5 Å². The van der Waals surface area contributed by atoms with Gasteiger partial charge in [0.25, 0.3) is 0 Å². The van der Waals surface area contributed by atoms with Gasteiger partial charge in [0.2, 0.25) is 0 Å². The Balaban J connectivity index is 2.44. The number of carbonyl (C=O) groups is 1. The van der Waals surface area contributed by atoms with Crippen LogP contribution in [0.1, 0.15) is 20.8 Å². The number of ketones is 1. The van der Waals surface area contributed by atoms with Gasteiger partial charge in [0.1, 0.15) is 5.75 Å². The lowest BCUT2D eigenvalue weighted by molar-refractivity contribution is 0.103. The van der Waals surface area contributed by atoms with E-state index >= 15 is 0 Å². The van der Waals surface area contributed by atoms with Gasteiger partial charge in [-0.3, -0.25) is 4.79 Å². The third-order valence-electron chi connectivity index (χ3n) is 2.52. The van der Waals surface area contributed by atoms with E-state index in [0.717, 1.165) is 4.88 Å². The van der Waals surface area contributed by atoms with Crippen molar-refractivity contribution in [1.29, 1.82) is 0 Å². The number of hydrogen-bond acceptors (Lipinski definition) is 4. The molecule has 17 heavy (non-hydrogen) atoms. The Morgan fingerprint density at radius 2 is 2.18 bits per heavy atom. The summed E-state index contributed by atoms with van der Waals surface area (Å²) in [6, 6.07) is 7.09. The number of hydrogen-bond donors (Lipinski definition) is 1. The summed E-state index contributed by atoms with van der Waals surface area (Å²) < 4.78 is 5.10. The maximum Gasteiger partial charge on any atom is 0.196 e. The minimum atomic E-state index is -0.0641. The van der Waals surface area contributed by atoms with Gasteiger partial charge in [-0.05, 0) is 25.1 Å². The Morgan fingerprint density at radius 3 is 2.76 bits per heavy atom. The molecule has 2 rings (SSSR count). The first kappa shape index (κ1) is 11.7. The third-order valence-corrected chi connectivity index (χ3v) is 3.38. The van der Waals surface area contributed by atoms with Crippen LogP contribution in [0.4, 0.5) is 5.69 Å². The van der Waals surface area contributed by atoms with Crippen LogP contribution in [-0.2, 0) is 0 Å². The van der Waals surface area contributed by atoms with Gasteiger partial charge in [-0.15, -0.1) is 11.3 Å². The molecule has 1 heterocycles. The van der Waals surface area contributed by atoms with Crippen LogP contribution < -0.4 is 10.5 Å². The lowest BCUT2D eigenvalue weighted by atomic mass is 10.0. The molecule has 2 aromatic rings. The lowest BCUT2D eigenvalue weighted by Gasteiger charge is -2.08. The highest BCUT2D eigenvalue weighted by molar-refractivity contribution is 7.10. The largest absolute Gasteiger partial charge is 0.495 e. The molecule has 0 saturated heterocycles. The van der Waals surface area contributed by atoms with Crippen LogP contribution in [0.25, 0.3) is 0 Å². The Labute approximate surface area is 104 Å². The third kappa shape index (κ3) is 2.17. The summed E-state index contributed by atoms with van der Waals surface area (Å²) >= 11 is 1.55. The normalized spacial score (nSPS) is 10.2. The lowest BCUT2D eigenvalue weighted by Crippen LogP contribution is -2.05. The zero-order chi connectivity index (χ0) is 12.4. The van der Waals surface area contributed by atoms with Crippen molar-refractivity contribution in [2.24, 2.45) is 0 Å². The highest BCUT2D eigenvalue weighted by Crippen LogP contribution is 2.27. The second kappa shape index (κ2) is 4.59. The van der Waals surface area contributed by atoms with Gasteiger partial charge in [0, 0.05) is 21.4 Å². The molecule has 0 bridgehead atoms. The number of carbonyl (C=O) groups excluding carboxylic acids is 1. The van der Waals surface area contributed by atoms with Crippen molar-refractivity contribution in [2.75, 3.05) is 12.8 Å². The summed E-state index contributed by atoms with van der Waals surface area (Å²) in [5.74, 6) is 0.466. The van der Waals surface area contributed by atoms with E-state index in [1.165, 1.54) is 7.11 Å². The molecule has 0 radical (unpaired) electrons. The summed E-state index contributed by atoms with van der Waals surface area (Å²) in [5.41, 5.74) is 7.45. The number of rotatable bonds is 3. The van der Waals surface area contributed by atoms with Crippen molar-refractivity contribution in [2.45, 2.75) is 6.92 Å². The quantitative estimate of drug-likeness (QED) is 0.670. The van der Waals surface area contributed by atoms with E-state index in [2.05, 4.69) is 0 Å². The van der Waals surface area contributed by atoms with Crippen LogP contribution in [0.15, 0.2) is 29.6 Å². The van der Waals surface area contributed by atoms with Crippen LogP contribution >= 0.6 is 11.3 Å². The molecular weight excluding hydrogens is 234 g/mol. The van der Waals surface area contributed by atoms with Gasteiger partial charge < -0.3 is 10.5 Å². The Bertz CT molecular complexity index is 560. The van der Waals surface area contributed by atoms with Crippen molar-refractivity contribution in [3.8, 4) is 5.75 Å². The zero-order valence-electron chi connectivity index (χ0n) is 9.69. The van der Waals surface area contributed by atoms with Gasteiger partial charge >= 0.3 is 0 Å². The first-order chi connectivity index (χ1) is 8.13. The fraction of sp³-hybridized carbons (Fsp3) is 0.154. The first-order valence-electron chi connectivity index (χ1n) is 5.16. The Hall–Kier alpha value is -1.81. The number of para-hydroxylation sites is 1. The van der Waals surface area contributed by atoms with Gasteiger partial charge in [0.05, 0.1) is 12.8 Å².